The molecule has 1 aromatic rings. The molecule has 0 aliphatic rings. The van der Waals surface area contributed by atoms with Gasteiger partial charge in [-0.15, -0.1) is 0 Å². The fourth-order valence-corrected chi connectivity index (χ4v) is 1.45. The summed E-state index contributed by atoms with van der Waals surface area (Å²) in [5.41, 5.74) is 0.212. The average Bonchev–Trinajstić information content (AvgIpc) is 2.82. The van der Waals surface area contributed by atoms with E-state index in [0.29, 0.717) is 0 Å². The molecule has 0 aliphatic carbocycles. The van der Waals surface area contributed by atoms with E-state index in [4.69, 9.17) is 9.47 Å². The van der Waals surface area contributed by atoms with Gasteiger partial charge in [0, 0.05) is 7.05 Å². The largest absolute Gasteiger partial charge is 0.464 e. The molecule has 0 radical (unpaired) electrons. The molecule has 0 aliphatic heterocycles. The number of hydrogen-bond acceptors (Lipinski definition) is 6. The maximum Gasteiger partial charge on any atom is 0.340 e. The lowest BCUT2D eigenvalue weighted by atomic mass is 10.3. The monoisotopic (exact) mass is 283 g/mol. The van der Waals surface area contributed by atoms with E-state index in [1.165, 1.54) is 17.1 Å². The van der Waals surface area contributed by atoms with Crippen molar-refractivity contribution in [2.75, 3.05) is 13.2 Å². The van der Waals surface area contributed by atoms with Crippen molar-refractivity contribution >= 4 is 17.8 Å². The first kappa shape index (κ1) is 15.7. The summed E-state index contributed by atoms with van der Waals surface area (Å²) in [6.07, 6.45) is 2.75. The lowest BCUT2D eigenvalue weighted by molar-refractivity contribution is -0.157. The van der Waals surface area contributed by atoms with E-state index >= 15 is 0 Å². The van der Waals surface area contributed by atoms with Crippen LogP contribution in [0.4, 0.5) is 0 Å². The van der Waals surface area contributed by atoms with Crippen molar-refractivity contribution in [1.29, 1.82) is 0 Å². The van der Waals surface area contributed by atoms with Crippen molar-refractivity contribution in [3.8, 4) is 0 Å². The Bertz CT molecular complexity index is 479. The molecule has 0 aromatic carbocycles. The highest BCUT2D eigenvalue weighted by atomic mass is 16.6. The highest BCUT2D eigenvalue weighted by molar-refractivity contribution is 6.05. The molecule has 1 amide bonds. The van der Waals surface area contributed by atoms with E-state index in [0.717, 1.165) is 0 Å². The zero-order valence-corrected chi connectivity index (χ0v) is 11.6. The second-order valence-electron chi connectivity index (χ2n) is 3.80. The Morgan fingerprint density at radius 1 is 1.25 bits per heavy atom. The Kier molecular flexibility index (Phi) is 5.70. The number of rotatable bonds is 6. The average molecular weight is 283 g/mol. The summed E-state index contributed by atoms with van der Waals surface area (Å²) >= 11 is 0. The molecule has 0 atom stereocenters. The predicted octanol–water partition coefficient (Wildman–Crippen LogP) is -0.355. The molecule has 8 heteroatoms. The summed E-state index contributed by atoms with van der Waals surface area (Å²) in [7, 11) is 1.62. The minimum atomic E-state index is -1.49. The molecule has 0 saturated carbocycles. The molecule has 110 valence electrons. The molecule has 0 saturated heterocycles. The molecule has 0 fully saturated rings. The van der Waals surface area contributed by atoms with Gasteiger partial charge in [0.15, 0.2) is 0 Å². The van der Waals surface area contributed by atoms with Crippen LogP contribution in [-0.2, 0) is 26.1 Å². The Labute approximate surface area is 116 Å². The van der Waals surface area contributed by atoms with Crippen LogP contribution in [0.1, 0.15) is 24.3 Å². The first-order valence-corrected chi connectivity index (χ1v) is 6.11. The number of imidazole rings is 1. The second kappa shape index (κ2) is 7.27. The van der Waals surface area contributed by atoms with Crippen LogP contribution in [0.25, 0.3) is 0 Å². The summed E-state index contributed by atoms with van der Waals surface area (Å²) in [4.78, 5) is 39.1. The Morgan fingerprint density at radius 2 is 1.80 bits per heavy atom. The van der Waals surface area contributed by atoms with E-state index in [1.54, 1.807) is 20.9 Å². The van der Waals surface area contributed by atoms with Crippen molar-refractivity contribution in [3.63, 3.8) is 0 Å². The van der Waals surface area contributed by atoms with Gasteiger partial charge in [-0.2, -0.15) is 0 Å². The summed E-state index contributed by atoms with van der Waals surface area (Å²) in [6.45, 7) is 3.39. The number of nitrogens with one attached hydrogen (secondary N) is 1. The molecule has 1 aromatic heterocycles. The number of hydrogen-bond donors (Lipinski definition) is 1. The van der Waals surface area contributed by atoms with Crippen LogP contribution in [0.5, 0.6) is 0 Å². The highest BCUT2D eigenvalue weighted by Gasteiger charge is 2.32. The van der Waals surface area contributed by atoms with Crippen LogP contribution in [0.15, 0.2) is 12.5 Å². The lowest BCUT2D eigenvalue weighted by Gasteiger charge is -2.15. The quantitative estimate of drug-likeness (QED) is 0.565. The molecule has 8 nitrogen and oxygen atoms in total. The maximum atomic E-state index is 12.0. The molecule has 20 heavy (non-hydrogen) atoms. The van der Waals surface area contributed by atoms with Gasteiger partial charge in [-0.1, -0.05) is 0 Å². The zero-order chi connectivity index (χ0) is 15.1. The number of carbonyl (C=O) groups excluding carboxylic acids is 3. The molecule has 1 heterocycles. The van der Waals surface area contributed by atoms with Crippen molar-refractivity contribution in [2.45, 2.75) is 19.9 Å². The smallest absolute Gasteiger partial charge is 0.340 e. The van der Waals surface area contributed by atoms with Gasteiger partial charge in [-0.3, -0.25) is 4.79 Å². The highest BCUT2D eigenvalue weighted by Crippen LogP contribution is 2.00. The third-order valence-corrected chi connectivity index (χ3v) is 2.37. The van der Waals surface area contributed by atoms with Crippen molar-refractivity contribution < 1.29 is 23.9 Å². The number of ether oxygens (including phenoxy) is 2. The van der Waals surface area contributed by atoms with Crippen LogP contribution in [0.3, 0.4) is 0 Å². The topological polar surface area (TPSA) is 99.5 Å². The van der Waals surface area contributed by atoms with Gasteiger partial charge >= 0.3 is 11.9 Å². The predicted molar refractivity (Wildman–Crippen MR) is 67.7 cm³/mol. The van der Waals surface area contributed by atoms with Crippen molar-refractivity contribution in [3.05, 3.63) is 18.2 Å². The number of aryl methyl sites for hydroxylation is 1. The SMILES string of the molecule is CCOC(=O)C(NC(=O)c1cncn1C)C(=O)OCC. The molecular weight excluding hydrogens is 266 g/mol. The molecule has 0 unspecified atom stereocenters. The van der Waals surface area contributed by atoms with E-state index in [2.05, 4.69) is 10.3 Å². The van der Waals surface area contributed by atoms with Gasteiger partial charge < -0.3 is 19.4 Å². The van der Waals surface area contributed by atoms with Gasteiger partial charge in [0.1, 0.15) is 5.69 Å². The van der Waals surface area contributed by atoms with E-state index in [-0.39, 0.29) is 18.9 Å². The van der Waals surface area contributed by atoms with E-state index in [1.807, 2.05) is 0 Å². The van der Waals surface area contributed by atoms with Crippen molar-refractivity contribution in [2.24, 2.45) is 7.05 Å². The zero-order valence-electron chi connectivity index (χ0n) is 11.6. The number of carbonyl (C=O) groups is 3. The van der Waals surface area contributed by atoms with Crippen LogP contribution in [0, 0.1) is 0 Å². The number of amides is 1. The van der Waals surface area contributed by atoms with Gasteiger partial charge in [-0.25, -0.2) is 14.6 Å². The van der Waals surface area contributed by atoms with Gasteiger partial charge in [0.25, 0.3) is 5.91 Å². The second-order valence-corrected chi connectivity index (χ2v) is 3.80. The molecule has 1 N–H and O–H groups in total. The number of aromatic nitrogens is 2. The summed E-state index contributed by atoms with van der Waals surface area (Å²) < 4.78 is 10.9. The van der Waals surface area contributed by atoms with E-state index < -0.39 is 23.9 Å². The number of esters is 2. The Balaban J connectivity index is 2.84. The molecule has 0 spiro atoms. The molecular formula is C12H17N3O5. The fraction of sp³-hybridized carbons (Fsp3) is 0.500. The van der Waals surface area contributed by atoms with Crippen LogP contribution in [0.2, 0.25) is 0 Å². The number of nitrogens with zero attached hydrogens (tertiary/aromatic N) is 2. The minimum Gasteiger partial charge on any atom is -0.464 e. The molecule has 0 bridgehead atoms. The first-order chi connectivity index (χ1) is 9.51. The first-order valence-electron chi connectivity index (χ1n) is 6.11. The summed E-state index contributed by atoms with van der Waals surface area (Å²) in [5.74, 6) is -2.33. The standard InChI is InChI=1S/C12H17N3O5/c1-4-19-11(17)9(12(18)20-5-2)14-10(16)8-6-13-7-15(8)3/h6-7,9H,4-5H2,1-3H3,(H,14,16). The Morgan fingerprint density at radius 3 is 2.20 bits per heavy atom. The third kappa shape index (κ3) is 3.81. The van der Waals surface area contributed by atoms with E-state index in [9.17, 15) is 14.4 Å². The Hall–Kier alpha value is -2.38. The maximum absolute atomic E-state index is 12.0. The third-order valence-electron chi connectivity index (χ3n) is 2.37. The van der Waals surface area contributed by atoms with Crippen molar-refractivity contribution in [1.82, 2.24) is 14.9 Å². The van der Waals surface area contributed by atoms with Crippen LogP contribution >= 0.6 is 0 Å². The molecule has 1 rings (SSSR count). The minimum absolute atomic E-state index is 0.0936. The summed E-state index contributed by atoms with van der Waals surface area (Å²) in [5, 5.41) is 2.28. The lowest BCUT2D eigenvalue weighted by Crippen LogP contribution is -2.48. The fourth-order valence-electron chi connectivity index (χ4n) is 1.45. The van der Waals surface area contributed by atoms with Gasteiger partial charge in [0.05, 0.1) is 25.7 Å². The van der Waals surface area contributed by atoms with Gasteiger partial charge in [0.2, 0.25) is 6.04 Å². The van der Waals surface area contributed by atoms with Crippen LogP contribution in [-0.4, -0.2) is 46.7 Å². The normalized spacial score (nSPS) is 10.2. The summed E-state index contributed by atoms with van der Waals surface area (Å²) in [6, 6.07) is -1.49. The van der Waals surface area contributed by atoms with Gasteiger partial charge in [-0.05, 0) is 13.8 Å². The van der Waals surface area contributed by atoms with Crippen LogP contribution < -0.4 is 5.32 Å².